The van der Waals surface area contributed by atoms with Crippen LogP contribution in [0.15, 0.2) is 48.0 Å². The van der Waals surface area contributed by atoms with Gasteiger partial charge in [0.25, 0.3) is 0 Å². The highest BCUT2D eigenvalue weighted by molar-refractivity contribution is 6.30. The molecule has 0 spiro atoms. The van der Waals surface area contributed by atoms with Crippen molar-refractivity contribution < 1.29 is 34.4 Å². The molecule has 0 bridgehead atoms. The summed E-state index contributed by atoms with van der Waals surface area (Å²) in [4.78, 5) is 27.5. The second-order valence-electron chi connectivity index (χ2n) is 8.79. The fraction of sp³-hybridized carbons (Fsp3) is 0.385. The first-order valence-electron chi connectivity index (χ1n) is 11.6. The summed E-state index contributed by atoms with van der Waals surface area (Å²) in [6, 6.07) is 9.50. The van der Waals surface area contributed by atoms with Crippen molar-refractivity contribution in [3.05, 3.63) is 69.8 Å². The number of hydrogen-bond donors (Lipinski definition) is 4. The van der Waals surface area contributed by atoms with Gasteiger partial charge in [0.05, 0.1) is 32.3 Å². The molecule has 4 atom stereocenters. The Balaban J connectivity index is 1.79. The number of aliphatic hydroxyl groups is 3. The van der Waals surface area contributed by atoms with Crippen LogP contribution in [0.1, 0.15) is 29.5 Å². The van der Waals surface area contributed by atoms with E-state index in [0.29, 0.717) is 33.2 Å². The summed E-state index contributed by atoms with van der Waals surface area (Å²) < 4.78 is 11.6. The molecular formula is C26H29ClN2O7. The number of nitrogens with zero attached hydrogens (tertiary/aromatic N) is 1. The Bertz CT molecular complexity index is 1170. The fourth-order valence-electron chi connectivity index (χ4n) is 4.83. The number of carbonyl (C=O) groups excluding carboxylic acids is 2. The summed E-state index contributed by atoms with van der Waals surface area (Å²) in [5, 5.41) is 33.7. The number of hydrogen-bond acceptors (Lipinski definition) is 7. The average molecular weight is 517 g/mol. The normalized spacial score (nSPS) is 22.1. The summed E-state index contributed by atoms with van der Waals surface area (Å²) in [5.41, 5.74) is 2.25. The Morgan fingerprint density at radius 2 is 1.89 bits per heavy atom. The van der Waals surface area contributed by atoms with Crippen LogP contribution in [0.5, 0.6) is 11.5 Å². The molecule has 2 aromatic rings. The first-order chi connectivity index (χ1) is 17.3. The molecule has 192 valence electrons. The molecule has 4 rings (SSSR count). The lowest BCUT2D eigenvalue weighted by atomic mass is 9.77. The van der Waals surface area contributed by atoms with Gasteiger partial charge in [-0.15, -0.1) is 0 Å². The van der Waals surface area contributed by atoms with E-state index in [1.54, 1.807) is 42.5 Å². The Morgan fingerprint density at radius 1 is 1.17 bits per heavy atom. The van der Waals surface area contributed by atoms with Crippen LogP contribution >= 0.6 is 11.6 Å². The quantitative estimate of drug-likeness (QED) is 0.418. The van der Waals surface area contributed by atoms with Crippen LogP contribution in [0.25, 0.3) is 0 Å². The van der Waals surface area contributed by atoms with Crippen LogP contribution in [0.2, 0.25) is 5.02 Å². The second-order valence-corrected chi connectivity index (χ2v) is 9.23. The predicted molar refractivity (Wildman–Crippen MR) is 132 cm³/mol. The number of halogens is 1. The van der Waals surface area contributed by atoms with Crippen molar-refractivity contribution in [2.75, 3.05) is 20.3 Å². The fourth-order valence-corrected chi connectivity index (χ4v) is 4.96. The van der Waals surface area contributed by atoms with Gasteiger partial charge in [0.2, 0.25) is 11.8 Å². The van der Waals surface area contributed by atoms with Gasteiger partial charge in [-0.3, -0.25) is 9.59 Å². The summed E-state index contributed by atoms with van der Waals surface area (Å²) in [6.45, 7) is 1.12. The van der Waals surface area contributed by atoms with Gasteiger partial charge in [0.15, 0.2) is 11.5 Å². The maximum atomic E-state index is 13.2. The molecule has 2 amide bonds. The lowest BCUT2D eigenvalue weighted by Crippen LogP contribution is -2.55. The topological polar surface area (TPSA) is 129 Å². The number of methoxy groups -OCH3 is 1. The van der Waals surface area contributed by atoms with Crippen molar-refractivity contribution in [2.24, 2.45) is 0 Å². The van der Waals surface area contributed by atoms with Gasteiger partial charge >= 0.3 is 0 Å². The number of benzene rings is 2. The van der Waals surface area contributed by atoms with E-state index in [9.17, 15) is 24.9 Å². The molecule has 0 radical (unpaired) electrons. The third kappa shape index (κ3) is 4.92. The molecule has 0 fully saturated rings. The van der Waals surface area contributed by atoms with E-state index in [0.717, 1.165) is 5.56 Å². The largest absolute Gasteiger partial charge is 0.493 e. The highest BCUT2D eigenvalue weighted by Crippen LogP contribution is 2.51. The van der Waals surface area contributed by atoms with E-state index in [1.807, 2.05) is 0 Å². The molecule has 1 aliphatic heterocycles. The standard InChI is InChI=1S/C26H29ClN2O7/c1-14(32)29(12-15-3-5-17(27)6-4-15)20-11-19(26(34)28-7-8-30)22-18-9-16(13-31)10-21(35-2)24(18)36-25(22)23(20)33/h3-6,9-11,20,22-23,25,30-31,33H,7-8,12-13H2,1-2H3,(H,28,34). The number of amides is 2. The molecule has 4 N–H and O–H groups in total. The van der Waals surface area contributed by atoms with Crippen LogP contribution in [-0.4, -0.2) is 70.5 Å². The minimum Gasteiger partial charge on any atom is -0.493 e. The number of aliphatic hydroxyl groups excluding tert-OH is 3. The van der Waals surface area contributed by atoms with Crippen molar-refractivity contribution in [3.63, 3.8) is 0 Å². The maximum absolute atomic E-state index is 13.2. The molecule has 10 heteroatoms. The molecule has 36 heavy (non-hydrogen) atoms. The lowest BCUT2D eigenvalue weighted by Gasteiger charge is -2.40. The summed E-state index contributed by atoms with van der Waals surface area (Å²) in [6.07, 6.45) is -0.470. The van der Waals surface area contributed by atoms with Gasteiger partial charge in [-0.2, -0.15) is 0 Å². The van der Waals surface area contributed by atoms with Crippen LogP contribution in [0, 0.1) is 0 Å². The average Bonchev–Trinajstić information content (AvgIpc) is 3.26. The van der Waals surface area contributed by atoms with E-state index in [4.69, 9.17) is 21.1 Å². The van der Waals surface area contributed by atoms with Crippen LogP contribution in [0.4, 0.5) is 0 Å². The predicted octanol–water partition coefficient (Wildman–Crippen LogP) is 1.51. The highest BCUT2D eigenvalue weighted by atomic mass is 35.5. The molecule has 2 aromatic carbocycles. The van der Waals surface area contributed by atoms with Gasteiger partial charge in [-0.1, -0.05) is 23.7 Å². The molecule has 4 unspecified atom stereocenters. The van der Waals surface area contributed by atoms with E-state index in [-0.39, 0.29) is 32.2 Å². The van der Waals surface area contributed by atoms with Gasteiger partial charge in [0.1, 0.15) is 12.2 Å². The molecule has 1 aliphatic carbocycles. The third-order valence-electron chi connectivity index (χ3n) is 6.53. The third-order valence-corrected chi connectivity index (χ3v) is 6.78. The molecule has 2 aliphatic rings. The molecule has 0 saturated heterocycles. The van der Waals surface area contributed by atoms with Crippen LogP contribution in [0.3, 0.4) is 0 Å². The first-order valence-corrected chi connectivity index (χ1v) is 12.0. The van der Waals surface area contributed by atoms with Crippen molar-refractivity contribution in [2.45, 2.75) is 44.2 Å². The summed E-state index contributed by atoms with van der Waals surface area (Å²) in [7, 11) is 1.47. The lowest BCUT2D eigenvalue weighted by molar-refractivity contribution is -0.135. The number of ether oxygens (including phenoxy) is 2. The number of nitrogens with one attached hydrogen (secondary N) is 1. The van der Waals surface area contributed by atoms with E-state index in [1.165, 1.54) is 18.9 Å². The van der Waals surface area contributed by atoms with Crippen LogP contribution in [-0.2, 0) is 22.7 Å². The van der Waals surface area contributed by atoms with Gasteiger partial charge < -0.3 is 35.0 Å². The molecule has 0 aromatic heterocycles. The number of rotatable bonds is 8. The number of fused-ring (bicyclic) bond motifs is 3. The highest BCUT2D eigenvalue weighted by Gasteiger charge is 2.51. The van der Waals surface area contributed by atoms with Gasteiger partial charge in [-0.05, 0) is 41.5 Å². The van der Waals surface area contributed by atoms with Crippen molar-refractivity contribution in [1.29, 1.82) is 0 Å². The maximum Gasteiger partial charge on any atom is 0.247 e. The van der Waals surface area contributed by atoms with E-state index < -0.39 is 30.1 Å². The zero-order valence-corrected chi connectivity index (χ0v) is 20.7. The summed E-state index contributed by atoms with van der Waals surface area (Å²) >= 11 is 5.99. The molecular weight excluding hydrogens is 488 g/mol. The SMILES string of the molecule is COc1cc(CO)cc2c1OC1C2C(C(=O)NCCO)=CC(N(Cc2ccc(Cl)cc2)C(C)=O)C1O. The van der Waals surface area contributed by atoms with E-state index in [2.05, 4.69) is 5.32 Å². The number of carbonyl (C=O) groups is 2. The zero-order chi connectivity index (χ0) is 26.0. The zero-order valence-electron chi connectivity index (χ0n) is 20.0. The van der Waals surface area contributed by atoms with Gasteiger partial charge in [-0.25, -0.2) is 0 Å². The Morgan fingerprint density at radius 3 is 2.50 bits per heavy atom. The molecule has 1 heterocycles. The van der Waals surface area contributed by atoms with Gasteiger partial charge in [0, 0.05) is 36.2 Å². The second kappa shape index (κ2) is 10.9. The van der Waals surface area contributed by atoms with Crippen molar-refractivity contribution in [1.82, 2.24) is 10.2 Å². The minimum absolute atomic E-state index is 0.0374. The van der Waals surface area contributed by atoms with Crippen molar-refractivity contribution >= 4 is 23.4 Å². The monoisotopic (exact) mass is 516 g/mol. The molecule has 9 nitrogen and oxygen atoms in total. The van der Waals surface area contributed by atoms with Crippen molar-refractivity contribution in [3.8, 4) is 11.5 Å². The summed E-state index contributed by atoms with van der Waals surface area (Å²) in [5.74, 6) is -0.674. The first kappa shape index (κ1) is 26.0. The van der Waals surface area contributed by atoms with Crippen LogP contribution < -0.4 is 14.8 Å². The molecule has 0 saturated carbocycles. The Labute approximate surface area is 213 Å². The Hall–Kier alpha value is -3.11. The van der Waals surface area contributed by atoms with E-state index >= 15 is 0 Å². The minimum atomic E-state index is -1.17. The Kier molecular flexibility index (Phi) is 7.85. The smallest absolute Gasteiger partial charge is 0.247 e.